The Hall–Kier alpha value is -3.24. The first-order valence-corrected chi connectivity index (χ1v) is 11.5. The molecule has 0 N–H and O–H groups in total. The van der Waals surface area contributed by atoms with Crippen molar-refractivity contribution in [2.45, 2.75) is 16.7 Å². The van der Waals surface area contributed by atoms with Crippen LogP contribution in [0.25, 0.3) is 16.6 Å². The number of thioether (sulfide) groups is 1. The van der Waals surface area contributed by atoms with Gasteiger partial charge in [0.15, 0.2) is 0 Å². The van der Waals surface area contributed by atoms with Gasteiger partial charge in [-0.2, -0.15) is 0 Å². The third-order valence-corrected chi connectivity index (χ3v) is 6.73. The van der Waals surface area contributed by atoms with Gasteiger partial charge in [-0.15, -0.1) is 11.8 Å². The molecule has 0 fully saturated rings. The van der Waals surface area contributed by atoms with E-state index in [9.17, 15) is 4.79 Å². The molecule has 0 aliphatic carbocycles. The first-order chi connectivity index (χ1) is 15.2. The topological polar surface area (TPSA) is 31.2 Å². The Bertz CT molecular complexity index is 1270. The number of ether oxygens (including phenoxy) is 1. The molecule has 2 atom stereocenters. The van der Waals surface area contributed by atoms with E-state index < -0.39 is 5.92 Å². The third-order valence-electron chi connectivity index (χ3n) is 6.00. The number of rotatable bonds is 4. The van der Waals surface area contributed by atoms with Crippen LogP contribution in [0.15, 0.2) is 95.9 Å². The number of aromatic nitrogens is 1. The number of esters is 1. The molecular weight excluding hydrogens is 402 g/mol. The summed E-state index contributed by atoms with van der Waals surface area (Å²) in [7, 11) is 1.47. The first kappa shape index (κ1) is 19.7. The second-order valence-corrected chi connectivity index (χ2v) is 8.56. The van der Waals surface area contributed by atoms with Gasteiger partial charge < -0.3 is 9.30 Å². The SMILES string of the molecule is COC(=O)[C@@H]1c2cc3cc(SC)ccc3n2C(c2ccccc2)=C[C@H]1c1ccccc1. The van der Waals surface area contributed by atoms with Gasteiger partial charge in [0.05, 0.1) is 12.6 Å². The summed E-state index contributed by atoms with van der Waals surface area (Å²) < 4.78 is 7.53. The van der Waals surface area contributed by atoms with Crippen LogP contribution in [0, 0.1) is 0 Å². The molecule has 0 radical (unpaired) electrons. The molecule has 0 spiro atoms. The molecule has 0 bridgehead atoms. The number of benzene rings is 3. The van der Waals surface area contributed by atoms with Crippen molar-refractivity contribution in [1.82, 2.24) is 4.57 Å². The van der Waals surface area contributed by atoms with E-state index in [2.05, 4.69) is 77.6 Å². The van der Waals surface area contributed by atoms with Crippen molar-refractivity contribution < 1.29 is 9.53 Å². The first-order valence-electron chi connectivity index (χ1n) is 10.3. The van der Waals surface area contributed by atoms with Crippen molar-refractivity contribution in [2.75, 3.05) is 13.4 Å². The van der Waals surface area contributed by atoms with Crippen LogP contribution in [0.2, 0.25) is 0 Å². The fourth-order valence-corrected chi connectivity index (χ4v) is 5.01. The van der Waals surface area contributed by atoms with E-state index in [1.54, 1.807) is 11.8 Å². The Kier molecular flexibility index (Phi) is 5.16. The highest BCUT2D eigenvalue weighted by Crippen LogP contribution is 2.45. The lowest BCUT2D eigenvalue weighted by Crippen LogP contribution is -2.27. The molecule has 5 rings (SSSR count). The van der Waals surface area contributed by atoms with Crippen molar-refractivity contribution in [3.05, 3.63) is 108 Å². The van der Waals surface area contributed by atoms with E-state index in [1.807, 2.05) is 24.3 Å². The standard InChI is InChI=1S/C27H23NO2S/c1-30-27(29)26-22(18-9-5-3-6-10-18)17-24(19-11-7-4-8-12-19)28-23-14-13-21(31-2)15-20(23)16-25(26)28/h3-17,22,26H,1-2H3/t22-,26-/m0/s1. The average molecular weight is 426 g/mol. The van der Waals surface area contributed by atoms with Crippen molar-refractivity contribution >= 4 is 34.3 Å². The maximum absolute atomic E-state index is 13.1. The molecule has 0 saturated heterocycles. The number of carbonyl (C=O) groups excluding carboxylic acids is 1. The van der Waals surface area contributed by atoms with Gasteiger partial charge >= 0.3 is 5.97 Å². The molecule has 2 heterocycles. The number of hydrogen-bond acceptors (Lipinski definition) is 3. The summed E-state index contributed by atoms with van der Waals surface area (Å²) in [5, 5.41) is 1.13. The third kappa shape index (κ3) is 3.37. The van der Waals surface area contributed by atoms with E-state index in [-0.39, 0.29) is 11.9 Å². The average Bonchev–Trinajstić information content (AvgIpc) is 3.22. The van der Waals surface area contributed by atoms with Gasteiger partial charge in [0.2, 0.25) is 0 Å². The van der Waals surface area contributed by atoms with Gasteiger partial charge in [-0.25, -0.2) is 0 Å². The summed E-state index contributed by atoms with van der Waals surface area (Å²) in [5.41, 5.74) is 5.39. The maximum Gasteiger partial charge on any atom is 0.315 e. The minimum Gasteiger partial charge on any atom is -0.468 e. The zero-order valence-electron chi connectivity index (χ0n) is 17.5. The number of fused-ring (bicyclic) bond motifs is 3. The van der Waals surface area contributed by atoms with Crippen LogP contribution in [0.5, 0.6) is 0 Å². The van der Waals surface area contributed by atoms with E-state index >= 15 is 0 Å². The summed E-state index contributed by atoms with van der Waals surface area (Å²) >= 11 is 1.72. The van der Waals surface area contributed by atoms with Gasteiger partial charge in [0, 0.05) is 27.6 Å². The molecule has 3 aromatic carbocycles. The van der Waals surface area contributed by atoms with Gasteiger partial charge in [-0.05, 0) is 41.6 Å². The lowest BCUT2D eigenvalue weighted by atomic mass is 9.80. The van der Waals surface area contributed by atoms with Gasteiger partial charge in [-0.1, -0.05) is 66.7 Å². The van der Waals surface area contributed by atoms with Crippen LogP contribution < -0.4 is 0 Å². The van der Waals surface area contributed by atoms with Crippen LogP contribution in [-0.2, 0) is 9.53 Å². The smallest absolute Gasteiger partial charge is 0.315 e. The summed E-state index contributed by atoms with van der Waals surface area (Å²) in [6.07, 6.45) is 4.30. The number of carbonyl (C=O) groups is 1. The molecule has 3 nitrogen and oxygen atoms in total. The van der Waals surface area contributed by atoms with Crippen molar-refractivity contribution in [1.29, 1.82) is 0 Å². The highest BCUT2D eigenvalue weighted by Gasteiger charge is 2.38. The molecule has 1 aliphatic rings. The molecule has 154 valence electrons. The minimum atomic E-state index is -0.412. The number of methoxy groups -OCH3 is 1. The molecule has 4 heteroatoms. The van der Waals surface area contributed by atoms with E-state index in [1.165, 1.54) is 12.0 Å². The molecule has 1 aliphatic heterocycles. The molecule has 0 unspecified atom stereocenters. The highest BCUT2D eigenvalue weighted by molar-refractivity contribution is 7.98. The Morgan fingerprint density at radius 3 is 2.32 bits per heavy atom. The van der Waals surface area contributed by atoms with E-state index in [0.29, 0.717) is 0 Å². The van der Waals surface area contributed by atoms with E-state index in [4.69, 9.17) is 4.74 Å². The molecule has 4 aromatic rings. The normalized spacial score (nSPS) is 17.8. The fourth-order valence-electron chi connectivity index (χ4n) is 4.56. The van der Waals surface area contributed by atoms with Crippen LogP contribution in [0.1, 0.15) is 28.7 Å². The Morgan fingerprint density at radius 1 is 0.935 bits per heavy atom. The summed E-state index contributed by atoms with van der Waals surface area (Å²) in [6, 6.07) is 29.2. The van der Waals surface area contributed by atoms with Gasteiger partial charge in [0.1, 0.15) is 5.92 Å². The monoisotopic (exact) mass is 425 g/mol. The summed E-state index contributed by atoms with van der Waals surface area (Å²) in [4.78, 5) is 14.3. The van der Waals surface area contributed by atoms with Crippen LogP contribution >= 0.6 is 11.8 Å². The quantitative estimate of drug-likeness (QED) is 0.284. The Balaban J connectivity index is 1.82. The zero-order valence-corrected chi connectivity index (χ0v) is 18.3. The van der Waals surface area contributed by atoms with Gasteiger partial charge in [-0.3, -0.25) is 4.79 Å². The lowest BCUT2D eigenvalue weighted by molar-refractivity contribution is -0.142. The van der Waals surface area contributed by atoms with Crippen LogP contribution in [-0.4, -0.2) is 23.9 Å². The molecule has 0 saturated carbocycles. The van der Waals surface area contributed by atoms with Crippen LogP contribution in [0.4, 0.5) is 0 Å². The Labute approximate surface area is 186 Å². The van der Waals surface area contributed by atoms with E-state index in [0.717, 1.165) is 33.4 Å². The second-order valence-electron chi connectivity index (χ2n) is 7.68. The molecule has 0 amide bonds. The van der Waals surface area contributed by atoms with Crippen molar-refractivity contribution in [3.63, 3.8) is 0 Å². The predicted octanol–water partition coefficient (Wildman–Crippen LogP) is 6.31. The zero-order chi connectivity index (χ0) is 21.4. The number of allylic oxidation sites excluding steroid dienone is 1. The highest BCUT2D eigenvalue weighted by atomic mass is 32.2. The summed E-state index contributed by atoms with van der Waals surface area (Å²) in [5.74, 6) is -0.739. The summed E-state index contributed by atoms with van der Waals surface area (Å²) in [6.45, 7) is 0. The fraction of sp³-hybridized carbons (Fsp3) is 0.148. The number of nitrogens with zero attached hydrogens (tertiary/aromatic N) is 1. The van der Waals surface area contributed by atoms with Crippen molar-refractivity contribution in [2.24, 2.45) is 0 Å². The molecule has 31 heavy (non-hydrogen) atoms. The lowest BCUT2D eigenvalue weighted by Gasteiger charge is -2.31. The van der Waals surface area contributed by atoms with Crippen molar-refractivity contribution in [3.8, 4) is 0 Å². The number of hydrogen-bond donors (Lipinski definition) is 0. The second kappa shape index (κ2) is 8.12. The maximum atomic E-state index is 13.1. The molecule has 1 aromatic heterocycles. The molecular formula is C27H23NO2S. The predicted molar refractivity (Wildman–Crippen MR) is 127 cm³/mol. The van der Waals surface area contributed by atoms with Crippen LogP contribution in [0.3, 0.4) is 0 Å². The van der Waals surface area contributed by atoms with Gasteiger partial charge in [0.25, 0.3) is 0 Å². The Morgan fingerprint density at radius 2 is 1.65 bits per heavy atom. The minimum absolute atomic E-state index is 0.110. The largest absolute Gasteiger partial charge is 0.468 e.